The van der Waals surface area contributed by atoms with E-state index >= 15 is 0 Å². The minimum atomic E-state index is -0.340. The van der Waals surface area contributed by atoms with E-state index < -0.39 is 0 Å². The maximum absolute atomic E-state index is 12.6. The molecule has 2 aliphatic rings. The van der Waals surface area contributed by atoms with Crippen LogP contribution in [0.25, 0.3) is 27.2 Å². The monoisotopic (exact) mass is 392 g/mol. The Hall–Kier alpha value is -2.64. The van der Waals surface area contributed by atoms with Crippen LogP contribution in [0, 0.1) is 11.8 Å². The SMILES string of the molecule is CN(C)C1C2CN(c3ccc4cc(-c5cn6ccsc6n5)c(=O)oc4c3)CC21. The molecule has 4 heterocycles. The first kappa shape index (κ1) is 16.3. The second kappa shape index (κ2) is 5.68. The zero-order valence-corrected chi connectivity index (χ0v) is 16.5. The molecule has 1 aliphatic carbocycles. The Bertz CT molecular complexity index is 1230. The van der Waals surface area contributed by atoms with Crippen molar-refractivity contribution in [1.82, 2.24) is 14.3 Å². The molecule has 0 spiro atoms. The highest BCUT2D eigenvalue weighted by atomic mass is 32.1. The van der Waals surface area contributed by atoms with Crippen molar-refractivity contribution in [3.05, 3.63) is 52.5 Å². The summed E-state index contributed by atoms with van der Waals surface area (Å²) in [6, 6.07) is 8.79. The zero-order valence-electron chi connectivity index (χ0n) is 15.7. The van der Waals surface area contributed by atoms with Gasteiger partial charge >= 0.3 is 5.63 Å². The van der Waals surface area contributed by atoms with Crippen LogP contribution in [0.5, 0.6) is 0 Å². The highest BCUT2D eigenvalue weighted by molar-refractivity contribution is 7.15. The van der Waals surface area contributed by atoms with Gasteiger partial charge in [-0.1, -0.05) is 0 Å². The number of anilines is 1. The van der Waals surface area contributed by atoms with Crippen molar-refractivity contribution in [2.24, 2.45) is 11.8 Å². The van der Waals surface area contributed by atoms with Gasteiger partial charge in [0.1, 0.15) is 5.58 Å². The summed E-state index contributed by atoms with van der Waals surface area (Å²) in [5.41, 5.74) is 2.59. The molecule has 0 radical (unpaired) electrons. The van der Waals surface area contributed by atoms with Crippen LogP contribution in [0.2, 0.25) is 0 Å². The molecule has 1 aliphatic heterocycles. The van der Waals surface area contributed by atoms with E-state index in [2.05, 4.69) is 34.9 Å². The van der Waals surface area contributed by atoms with Gasteiger partial charge in [-0.05, 0) is 44.1 Å². The maximum atomic E-state index is 12.6. The molecule has 2 unspecified atom stereocenters. The Morgan fingerprint density at radius 1 is 1.21 bits per heavy atom. The molecule has 4 aromatic rings. The lowest BCUT2D eigenvalue weighted by Gasteiger charge is -2.24. The molecule has 2 fully saturated rings. The molecular formula is C21H20N4O2S. The average molecular weight is 392 g/mol. The first-order valence-electron chi connectivity index (χ1n) is 9.50. The fourth-order valence-electron chi connectivity index (χ4n) is 4.80. The van der Waals surface area contributed by atoms with Gasteiger partial charge in [-0.3, -0.25) is 4.40 Å². The Labute approximate surface area is 165 Å². The highest BCUT2D eigenvalue weighted by Gasteiger charge is 2.56. The van der Waals surface area contributed by atoms with E-state index in [0.29, 0.717) is 16.8 Å². The number of piperidine rings is 1. The van der Waals surface area contributed by atoms with Gasteiger partial charge in [-0.2, -0.15) is 0 Å². The Morgan fingerprint density at radius 3 is 2.79 bits per heavy atom. The zero-order chi connectivity index (χ0) is 19.0. The number of rotatable bonds is 3. The Morgan fingerprint density at radius 2 is 2.04 bits per heavy atom. The summed E-state index contributed by atoms with van der Waals surface area (Å²) < 4.78 is 7.60. The number of benzene rings is 1. The third kappa shape index (κ3) is 2.36. The van der Waals surface area contributed by atoms with E-state index in [-0.39, 0.29) is 5.63 Å². The fraction of sp³-hybridized carbons (Fsp3) is 0.333. The molecule has 0 N–H and O–H groups in total. The molecule has 1 aromatic carbocycles. The Kier molecular flexibility index (Phi) is 3.31. The molecule has 3 aromatic heterocycles. The molecule has 1 saturated carbocycles. The van der Waals surface area contributed by atoms with Crippen LogP contribution in [-0.2, 0) is 0 Å². The van der Waals surface area contributed by atoms with Gasteiger partial charge in [0.15, 0.2) is 4.96 Å². The van der Waals surface area contributed by atoms with E-state index in [0.717, 1.165) is 47.0 Å². The van der Waals surface area contributed by atoms with Crippen LogP contribution in [0.3, 0.4) is 0 Å². The summed E-state index contributed by atoms with van der Waals surface area (Å²) in [5, 5.41) is 2.89. The lowest BCUT2D eigenvalue weighted by Crippen LogP contribution is -2.30. The van der Waals surface area contributed by atoms with Crippen molar-refractivity contribution in [2.75, 3.05) is 32.1 Å². The molecule has 2 atom stereocenters. The van der Waals surface area contributed by atoms with Crippen molar-refractivity contribution in [2.45, 2.75) is 6.04 Å². The molecule has 6 nitrogen and oxygen atoms in total. The number of hydrogen-bond donors (Lipinski definition) is 0. The third-order valence-corrected chi connectivity index (χ3v) is 6.97. The van der Waals surface area contributed by atoms with Gasteiger partial charge in [0, 0.05) is 54.0 Å². The molecule has 0 bridgehead atoms. The van der Waals surface area contributed by atoms with Crippen LogP contribution < -0.4 is 10.5 Å². The van der Waals surface area contributed by atoms with Gasteiger partial charge < -0.3 is 14.2 Å². The lowest BCUT2D eigenvalue weighted by molar-refractivity contribution is 0.357. The first-order chi connectivity index (χ1) is 13.6. The molecule has 142 valence electrons. The van der Waals surface area contributed by atoms with Crippen molar-refractivity contribution < 1.29 is 4.42 Å². The summed E-state index contributed by atoms with van der Waals surface area (Å²) in [7, 11) is 4.33. The molecule has 28 heavy (non-hydrogen) atoms. The van der Waals surface area contributed by atoms with Crippen LogP contribution in [0.1, 0.15) is 0 Å². The summed E-state index contributed by atoms with van der Waals surface area (Å²) in [6.45, 7) is 2.15. The average Bonchev–Trinajstić information content (AvgIpc) is 3.05. The number of fused-ring (bicyclic) bond motifs is 3. The van der Waals surface area contributed by atoms with Crippen LogP contribution in [0.4, 0.5) is 5.69 Å². The topological polar surface area (TPSA) is 54.0 Å². The summed E-state index contributed by atoms with van der Waals surface area (Å²) in [5.74, 6) is 1.52. The minimum absolute atomic E-state index is 0.340. The number of nitrogens with zero attached hydrogens (tertiary/aromatic N) is 4. The van der Waals surface area contributed by atoms with E-state index in [9.17, 15) is 4.79 Å². The van der Waals surface area contributed by atoms with E-state index in [1.807, 2.05) is 40.4 Å². The first-order valence-corrected chi connectivity index (χ1v) is 10.4. The van der Waals surface area contributed by atoms with Crippen molar-refractivity contribution >= 4 is 33.0 Å². The molecule has 1 saturated heterocycles. The van der Waals surface area contributed by atoms with Crippen molar-refractivity contribution in [1.29, 1.82) is 0 Å². The third-order valence-electron chi connectivity index (χ3n) is 6.20. The minimum Gasteiger partial charge on any atom is -0.422 e. The largest absolute Gasteiger partial charge is 0.422 e. The lowest BCUT2D eigenvalue weighted by atomic mass is 10.1. The molecule has 7 heteroatoms. The van der Waals surface area contributed by atoms with Gasteiger partial charge in [-0.25, -0.2) is 9.78 Å². The Balaban J connectivity index is 1.33. The van der Waals surface area contributed by atoms with Gasteiger partial charge in [0.05, 0.1) is 11.3 Å². The van der Waals surface area contributed by atoms with Gasteiger partial charge in [0.25, 0.3) is 0 Å². The van der Waals surface area contributed by atoms with Crippen molar-refractivity contribution in [3.63, 3.8) is 0 Å². The quantitative estimate of drug-likeness (QED) is 0.501. The van der Waals surface area contributed by atoms with Crippen molar-refractivity contribution in [3.8, 4) is 11.3 Å². The second-order valence-electron chi connectivity index (χ2n) is 8.08. The maximum Gasteiger partial charge on any atom is 0.345 e. The van der Waals surface area contributed by atoms with Crippen LogP contribution in [-0.4, -0.2) is 47.5 Å². The summed E-state index contributed by atoms with van der Waals surface area (Å²) >= 11 is 1.54. The number of aromatic nitrogens is 2. The van der Waals surface area contributed by atoms with Crippen LogP contribution >= 0.6 is 11.3 Å². The molecular weight excluding hydrogens is 372 g/mol. The number of imidazole rings is 1. The molecule has 0 amide bonds. The highest BCUT2D eigenvalue weighted by Crippen LogP contribution is 2.49. The smallest absolute Gasteiger partial charge is 0.345 e. The summed E-state index contributed by atoms with van der Waals surface area (Å²) in [6.07, 6.45) is 3.81. The number of hydrogen-bond acceptors (Lipinski definition) is 6. The van der Waals surface area contributed by atoms with E-state index in [1.54, 1.807) is 11.3 Å². The van der Waals surface area contributed by atoms with E-state index in [1.165, 1.54) is 0 Å². The van der Waals surface area contributed by atoms with Crippen LogP contribution in [0.15, 0.2) is 51.3 Å². The van der Waals surface area contributed by atoms with Gasteiger partial charge in [-0.15, -0.1) is 11.3 Å². The normalized spacial score (nSPS) is 23.8. The van der Waals surface area contributed by atoms with E-state index in [4.69, 9.17) is 4.42 Å². The summed E-state index contributed by atoms with van der Waals surface area (Å²) in [4.78, 5) is 22.8. The predicted molar refractivity (Wildman–Crippen MR) is 111 cm³/mol. The predicted octanol–water partition coefficient (Wildman–Crippen LogP) is 3.17. The second-order valence-corrected chi connectivity index (χ2v) is 8.95. The fourth-order valence-corrected chi connectivity index (χ4v) is 5.50. The molecule has 6 rings (SSSR count). The standard InChI is InChI=1S/C21H20N4O2S/c1-23(2)19-15-9-25(10-16(15)19)13-4-3-12-7-14(20(26)27-18(12)8-13)17-11-24-5-6-28-21(24)22-17/h3-8,11,15-16,19H,9-10H2,1-2H3. The number of thiazole rings is 1. The van der Waals surface area contributed by atoms with Gasteiger partial charge in [0.2, 0.25) is 0 Å².